The van der Waals surface area contributed by atoms with Crippen LogP contribution in [0.1, 0.15) is 17.4 Å². The molecule has 80 valence electrons. The number of aromatic nitrogens is 2. The van der Waals surface area contributed by atoms with Gasteiger partial charge in [0, 0.05) is 0 Å². The average Bonchev–Trinajstić information content (AvgIpc) is 2.18. The highest BCUT2D eigenvalue weighted by Crippen LogP contribution is 2.21. The number of nitrogens with zero attached hydrogens (tertiary/aromatic N) is 1. The van der Waals surface area contributed by atoms with Crippen molar-refractivity contribution in [2.45, 2.75) is 13.1 Å². The predicted molar refractivity (Wildman–Crippen MR) is 56.1 cm³/mol. The Morgan fingerprint density at radius 1 is 1.20 bits per heavy atom. The molecule has 1 amide bonds. The number of amides is 1. The van der Waals surface area contributed by atoms with E-state index < -0.39 is 17.0 Å². The first-order chi connectivity index (χ1) is 7.00. The zero-order valence-electron chi connectivity index (χ0n) is 7.70. The summed E-state index contributed by atoms with van der Waals surface area (Å²) in [5.74, 6) is -0.254. The maximum Gasteiger partial charge on any atom is 0.315 e. The van der Waals surface area contributed by atoms with Crippen LogP contribution in [0.2, 0.25) is 0 Å². The minimum atomic E-state index is -0.861. The SMILES string of the molecule is CC1NC(=O)c2[nH]c(=O)c(=O)[nH]c2N1S. The number of nitrogens with one attached hydrogen (secondary N) is 3. The van der Waals surface area contributed by atoms with Gasteiger partial charge in [0.05, 0.1) is 0 Å². The molecule has 7 nitrogen and oxygen atoms in total. The van der Waals surface area contributed by atoms with Gasteiger partial charge in [-0.25, -0.2) is 0 Å². The highest BCUT2D eigenvalue weighted by molar-refractivity contribution is 7.81. The van der Waals surface area contributed by atoms with Crippen LogP contribution in [0.25, 0.3) is 0 Å². The third-order valence-corrected chi connectivity index (χ3v) is 2.62. The summed E-state index contributed by atoms with van der Waals surface area (Å²) < 4.78 is 1.36. The van der Waals surface area contributed by atoms with Crippen molar-refractivity contribution < 1.29 is 4.79 Å². The first-order valence-electron chi connectivity index (χ1n) is 4.16. The van der Waals surface area contributed by atoms with Crippen molar-refractivity contribution in [1.82, 2.24) is 15.3 Å². The van der Waals surface area contributed by atoms with Gasteiger partial charge in [-0.15, -0.1) is 0 Å². The van der Waals surface area contributed by atoms with Crippen molar-refractivity contribution in [2.75, 3.05) is 4.31 Å². The van der Waals surface area contributed by atoms with Crippen molar-refractivity contribution in [2.24, 2.45) is 0 Å². The molecule has 1 aromatic rings. The van der Waals surface area contributed by atoms with E-state index in [-0.39, 0.29) is 17.7 Å². The third kappa shape index (κ3) is 1.42. The Hall–Kier alpha value is -1.70. The predicted octanol–water partition coefficient (Wildman–Crippen LogP) is -1.20. The number of hydrogen-bond acceptors (Lipinski definition) is 5. The lowest BCUT2D eigenvalue weighted by Gasteiger charge is -2.30. The molecule has 0 saturated heterocycles. The molecular formula is C7H8N4O3S. The molecule has 0 aromatic carbocycles. The largest absolute Gasteiger partial charge is 0.330 e. The Balaban J connectivity index is 2.72. The van der Waals surface area contributed by atoms with Crippen LogP contribution in [-0.4, -0.2) is 22.0 Å². The molecule has 3 N–H and O–H groups in total. The molecule has 8 heteroatoms. The molecule has 2 heterocycles. The normalized spacial score (nSPS) is 19.7. The summed E-state index contributed by atoms with van der Waals surface area (Å²) in [4.78, 5) is 38.0. The second-order valence-electron chi connectivity index (χ2n) is 3.13. The number of H-pyrrole nitrogens is 2. The average molecular weight is 228 g/mol. The van der Waals surface area contributed by atoms with Crippen LogP contribution in [0.5, 0.6) is 0 Å². The lowest BCUT2D eigenvalue weighted by molar-refractivity contribution is 0.0929. The summed E-state index contributed by atoms with van der Waals surface area (Å²) in [6.45, 7) is 1.69. The Labute approximate surface area is 89.0 Å². The summed E-state index contributed by atoms with van der Waals surface area (Å²) in [7, 11) is 0. The van der Waals surface area contributed by atoms with Crippen LogP contribution in [0.3, 0.4) is 0 Å². The minimum absolute atomic E-state index is 0.00713. The molecule has 0 saturated carbocycles. The molecule has 1 aliphatic rings. The number of hydrogen-bond donors (Lipinski definition) is 4. The maximum absolute atomic E-state index is 11.4. The second-order valence-corrected chi connectivity index (χ2v) is 3.56. The molecule has 0 spiro atoms. The highest BCUT2D eigenvalue weighted by Gasteiger charge is 2.28. The topological polar surface area (TPSA) is 98.1 Å². The number of thiol groups is 1. The number of fused-ring (bicyclic) bond motifs is 1. The fourth-order valence-corrected chi connectivity index (χ4v) is 1.52. The number of carbonyl (C=O) groups is 1. The van der Waals surface area contributed by atoms with E-state index in [9.17, 15) is 14.4 Å². The van der Waals surface area contributed by atoms with Crippen molar-refractivity contribution in [3.63, 3.8) is 0 Å². The van der Waals surface area contributed by atoms with E-state index in [0.29, 0.717) is 0 Å². The summed E-state index contributed by atoms with van der Waals surface area (Å²) in [6, 6.07) is 0. The number of anilines is 1. The van der Waals surface area contributed by atoms with Crippen molar-refractivity contribution in [3.05, 3.63) is 26.4 Å². The lowest BCUT2D eigenvalue weighted by atomic mass is 10.3. The summed E-state index contributed by atoms with van der Waals surface area (Å²) >= 11 is 4.08. The Kier molecular flexibility index (Phi) is 2.07. The van der Waals surface area contributed by atoms with Gasteiger partial charge in [0.15, 0.2) is 5.82 Å². The quantitative estimate of drug-likeness (QED) is 0.331. The fourth-order valence-electron chi connectivity index (χ4n) is 1.31. The number of carbonyl (C=O) groups excluding carboxylic acids is 1. The molecule has 15 heavy (non-hydrogen) atoms. The smallest absolute Gasteiger partial charge is 0.315 e. The zero-order valence-corrected chi connectivity index (χ0v) is 8.59. The van der Waals surface area contributed by atoms with Crippen LogP contribution in [0.4, 0.5) is 5.82 Å². The van der Waals surface area contributed by atoms with Gasteiger partial charge in [0.25, 0.3) is 5.91 Å². The Morgan fingerprint density at radius 3 is 2.47 bits per heavy atom. The van der Waals surface area contributed by atoms with Gasteiger partial charge in [0.2, 0.25) is 0 Å². The second kappa shape index (κ2) is 3.16. The van der Waals surface area contributed by atoms with E-state index >= 15 is 0 Å². The number of aromatic amines is 2. The van der Waals surface area contributed by atoms with E-state index in [4.69, 9.17) is 0 Å². The molecule has 0 aliphatic carbocycles. The fraction of sp³-hybridized carbons (Fsp3) is 0.286. The lowest BCUT2D eigenvalue weighted by Crippen LogP contribution is -2.50. The molecule has 0 bridgehead atoms. The first kappa shape index (κ1) is 9.84. The first-order valence-corrected chi connectivity index (χ1v) is 4.56. The zero-order chi connectivity index (χ0) is 11.2. The molecule has 2 rings (SSSR count). The van der Waals surface area contributed by atoms with Crippen LogP contribution >= 0.6 is 12.8 Å². The Morgan fingerprint density at radius 2 is 1.80 bits per heavy atom. The molecule has 1 atom stereocenters. The summed E-state index contributed by atoms with van der Waals surface area (Å²) in [5, 5.41) is 2.55. The summed E-state index contributed by atoms with van der Waals surface area (Å²) in [6.07, 6.45) is -0.366. The standard InChI is InChI=1S/C7H8N4O3S/c1-2-8-5(12)3-4(11(2)15)10-7(14)6(13)9-3/h2,15H,1H3,(H,8,12)(H,9,13)(H,10,14). The molecular weight excluding hydrogens is 220 g/mol. The van der Waals surface area contributed by atoms with Gasteiger partial charge in [-0.2, -0.15) is 0 Å². The summed E-state index contributed by atoms with van der Waals surface area (Å²) in [5.41, 5.74) is -1.66. The Bertz CT molecular complexity index is 534. The van der Waals surface area contributed by atoms with Crippen molar-refractivity contribution in [3.8, 4) is 0 Å². The van der Waals surface area contributed by atoms with Gasteiger partial charge in [-0.1, -0.05) is 12.8 Å². The number of rotatable bonds is 0. The molecule has 1 unspecified atom stereocenters. The van der Waals surface area contributed by atoms with E-state index in [0.717, 1.165) is 0 Å². The van der Waals surface area contributed by atoms with Gasteiger partial charge in [-0.3, -0.25) is 18.7 Å². The van der Waals surface area contributed by atoms with Crippen molar-refractivity contribution in [1.29, 1.82) is 0 Å². The van der Waals surface area contributed by atoms with Gasteiger partial charge in [0.1, 0.15) is 11.9 Å². The maximum atomic E-state index is 11.4. The minimum Gasteiger partial charge on any atom is -0.330 e. The van der Waals surface area contributed by atoms with Crippen LogP contribution in [-0.2, 0) is 0 Å². The van der Waals surface area contributed by atoms with Crippen molar-refractivity contribution >= 4 is 24.5 Å². The van der Waals surface area contributed by atoms with E-state index in [2.05, 4.69) is 28.1 Å². The highest BCUT2D eigenvalue weighted by atomic mass is 32.1. The van der Waals surface area contributed by atoms with Gasteiger partial charge in [-0.05, 0) is 6.92 Å². The molecule has 0 radical (unpaired) electrons. The van der Waals surface area contributed by atoms with Gasteiger partial charge < -0.3 is 15.3 Å². The monoisotopic (exact) mass is 228 g/mol. The van der Waals surface area contributed by atoms with Crippen LogP contribution in [0.15, 0.2) is 9.59 Å². The van der Waals surface area contributed by atoms with E-state index in [1.165, 1.54) is 4.31 Å². The van der Waals surface area contributed by atoms with Gasteiger partial charge >= 0.3 is 11.1 Å². The van der Waals surface area contributed by atoms with E-state index in [1.807, 2.05) is 0 Å². The van der Waals surface area contributed by atoms with Crippen LogP contribution < -0.4 is 20.7 Å². The molecule has 1 aliphatic heterocycles. The molecule has 0 fully saturated rings. The molecule has 1 aromatic heterocycles. The van der Waals surface area contributed by atoms with E-state index in [1.54, 1.807) is 6.92 Å². The van der Waals surface area contributed by atoms with Crippen LogP contribution in [0, 0.1) is 0 Å². The third-order valence-electron chi connectivity index (χ3n) is 2.08.